The van der Waals surface area contributed by atoms with Crippen LogP contribution in [0.4, 0.5) is 10.5 Å². The summed E-state index contributed by atoms with van der Waals surface area (Å²) in [7, 11) is 0. The van der Waals surface area contributed by atoms with Gasteiger partial charge in [0.2, 0.25) is 0 Å². The fourth-order valence-corrected chi connectivity index (χ4v) is 4.79. The topological polar surface area (TPSA) is 52.7 Å². The number of piperidine rings is 1. The van der Waals surface area contributed by atoms with Gasteiger partial charge in [0.05, 0.1) is 0 Å². The van der Waals surface area contributed by atoms with E-state index in [9.17, 15) is 9.59 Å². The van der Waals surface area contributed by atoms with Gasteiger partial charge in [0, 0.05) is 35.9 Å². The zero-order chi connectivity index (χ0) is 19.5. The van der Waals surface area contributed by atoms with Crippen LogP contribution in [0.3, 0.4) is 0 Å². The Morgan fingerprint density at radius 1 is 0.893 bits per heavy atom. The molecule has 1 aromatic rings. The van der Waals surface area contributed by atoms with Gasteiger partial charge in [-0.05, 0) is 76.1 Å². The first-order valence-corrected chi connectivity index (χ1v) is 11.1. The number of likely N-dealkylation sites (tertiary alicyclic amines) is 1. The highest BCUT2D eigenvalue weighted by molar-refractivity contribution is 5.96. The maximum absolute atomic E-state index is 12.9. The van der Waals surface area contributed by atoms with Crippen LogP contribution < -0.4 is 5.32 Å². The highest BCUT2D eigenvalue weighted by Crippen LogP contribution is 2.34. The molecule has 2 aliphatic carbocycles. The smallest absolute Gasteiger partial charge is 0.322 e. The lowest BCUT2D eigenvalue weighted by Crippen LogP contribution is -2.45. The predicted molar refractivity (Wildman–Crippen MR) is 112 cm³/mol. The molecule has 0 radical (unpaired) electrons. The number of hydrogen-bond donors (Lipinski definition) is 1. The fraction of sp³-hybridized carbons (Fsp3) is 0.652. The number of nitrogens with zero attached hydrogens (tertiary/aromatic N) is 2. The van der Waals surface area contributed by atoms with Crippen molar-refractivity contribution in [3.8, 4) is 0 Å². The first-order valence-electron chi connectivity index (χ1n) is 11.1. The highest BCUT2D eigenvalue weighted by atomic mass is 16.2. The molecule has 1 heterocycles. The lowest BCUT2D eigenvalue weighted by atomic mass is 9.94. The molecular formula is C23H33N3O2. The van der Waals surface area contributed by atoms with Crippen LogP contribution in [0.25, 0.3) is 0 Å². The van der Waals surface area contributed by atoms with E-state index in [0.29, 0.717) is 23.7 Å². The maximum atomic E-state index is 12.9. The molecule has 152 valence electrons. The summed E-state index contributed by atoms with van der Waals surface area (Å²) in [6.07, 6.45) is 11.6. The fourth-order valence-electron chi connectivity index (χ4n) is 4.79. The van der Waals surface area contributed by atoms with Crippen molar-refractivity contribution in [1.82, 2.24) is 9.80 Å². The number of hydrogen-bond acceptors (Lipinski definition) is 2. The molecular weight excluding hydrogens is 350 g/mol. The first-order chi connectivity index (χ1) is 13.6. The molecule has 3 aliphatic rings. The van der Waals surface area contributed by atoms with E-state index in [1.54, 1.807) is 0 Å². The van der Waals surface area contributed by atoms with Crippen molar-refractivity contribution >= 4 is 17.6 Å². The molecule has 4 rings (SSSR count). The molecule has 1 unspecified atom stereocenters. The van der Waals surface area contributed by atoms with Crippen LogP contribution in [-0.2, 0) is 0 Å². The third-order valence-electron chi connectivity index (χ3n) is 6.59. The minimum absolute atomic E-state index is 0.0260. The summed E-state index contributed by atoms with van der Waals surface area (Å²) in [6.45, 7) is 2.97. The highest BCUT2D eigenvalue weighted by Gasteiger charge is 2.37. The van der Waals surface area contributed by atoms with E-state index in [0.717, 1.165) is 50.8 Å². The van der Waals surface area contributed by atoms with Crippen LogP contribution in [0.15, 0.2) is 24.3 Å². The Bertz CT molecular complexity index is 692. The second-order valence-electron chi connectivity index (χ2n) is 8.78. The molecule has 5 heteroatoms. The van der Waals surface area contributed by atoms with Crippen molar-refractivity contribution in [1.29, 1.82) is 0 Å². The summed E-state index contributed by atoms with van der Waals surface area (Å²) in [5.74, 6) is 0.104. The van der Waals surface area contributed by atoms with Gasteiger partial charge in [-0.15, -0.1) is 0 Å². The van der Waals surface area contributed by atoms with Crippen LogP contribution in [0.2, 0.25) is 0 Å². The largest absolute Gasteiger partial charge is 0.336 e. The molecule has 1 aromatic carbocycles. The average molecular weight is 384 g/mol. The van der Waals surface area contributed by atoms with Crippen molar-refractivity contribution in [3.63, 3.8) is 0 Å². The lowest BCUT2D eigenvalue weighted by molar-refractivity contribution is 0.0635. The van der Waals surface area contributed by atoms with Gasteiger partial charge in [-0.1, -0.05) is 19.3 Å². The van der Waals surface area contributed by atoms with Gasteiger partial charge in [0.1, 0.15) is 0 Å². The molecule has 0 bridgehead atoms. The van der Waals surface area contributed by atoms with E-state index in [-0.39, 0.29) is 11.9 Å². The summed E-state index contributed by atoms with van der Waals surface area (Å²) in [5.41, 5.74) is 1.48. The lowest BCUT2D eigenvalue weighted by Gasteiger charge is -2.34. The van der Waals surface area contributed by atoms with Crippen molar-refractivity contribution in [2.45, 2.75) is 89.3 Å². The normalized spacial score (nSPS) is 23.3. The van der Waals surface area contributed by atoms with E-state index in [4.69, 9.17) is 0 Å². The predicted octanol–water partition coefficient (Wildman–Crippen LogP) is 5.03. The summed E-state index contributed by atoms with van der Waals surface area (Å²) in [5, 5.41) is 3.08. The standard InChI is InChI=1S/C23H33N3O2/c1-17-7-5-6-16-25(17)22(27)18-10-12-19(13-11-18)24-23(28)26(21-14-15-21)20-8-3-2-4-9-20/h10-13,17,20-21H,2-9,14-16H2,1H3,(H,24,28). The van der Waals surface area contributed by atoms with Crippen LogP contribution in [-0.4, -0.2) is 46.4 Å². The van der Waals surface area contributed by atoms with Gasteiger partial charge in [0.15, 0.2) is 0 Å². The van der Waals surface area contributed by atoms with Gasteiger partial charge >= 0.3 is 6.03 Å². The molecule has 1 saturated heterocycles. The van der Waals surface area contributed by atoms with Crippen molar-refractivity contribution in [3.05, 3.63) is 29.8 Å². The maximum Gasteiger partial charge on any atom is 0.322 e. The number of anilines is 1. The quantitative estimate of drug-likeness (QED) is 0.793. The Morgan fingerprint density at radius 3 is 2.18 bits per heavy atom. The van der Waals surface area contributed by atoms with E-state index < -0.39 is 0 Å². The molecule has 0 aromatic heterocycles. The number of urea groups is 1. The van der Waals surface area contributed by atoms with Gasteiger partial charge < -0.3 is 15.1 Å². The average Bonchev–Trinajstić information content (AvgIpc) is 3.54. The van der Waals surface area contributed by atoms with Gasteiger partial charge in [-0.2, -0.15) is 0 Å². The number of nitrogens with one attached hydrogen (secondary N) is 1. The van der Waals surface area contributed by atoms with Gasteiger partial charge in [-0.25, -0.2) is 4.79 Å². The second-order valence-corrected chi connectivity index (χ2v) is 8.78. The number of benzene rings is 1. The number of carbonyl (C=O) groups is 2. The zero-order valence-corrected chi connectivity index (χ0v) is 17.0. The Morgan fingerprint density at radius 2 is 1.54 bits per heavy atom. The van der Waals surface area contributed by atoms with E-state index in [1.807, 2.05) is 29.2 Å². The molecule has 1 aliphatic heterocycles. The summed E-state index contributed by atoms with van der Waals surface area (Å²) >= 11 is 0. The van der Waals surface area contributed by atoms with E-state index in [1.165, 1.54) is 25.7 Å². The summed E-state index contributed by atoms with van der Waals surface area (Å²) < 4.78 is 0. The molecule has 2 saturated carbocycles. The summed E-state index contributed by atoms with van der Waals surface area (Å²) in [6, 6.07) is 8.58. The number of rotatable bonds is 4. The molecule has 3 amide bonds. The Hall–Kier alpha value is -2.04. The zero-order valence-electron chi connectivity index (χ0n) is 17.0. The molecule has 1 N–H and O–H groups in total. The van der Waals surface area contributed by atoms with Crippen LogP contribution >= 0.6 is 0 Å². The third kappa shape index (κ3) is 4.34. The first kappa shape index (κ1) is 19.3. The molecule has 5 nitrogen and oxygen atoms in total. The number of carbonyl (C=O) groups excluding carboxylic acids is 2. The minimum atomic E-state index is 0.0260. The second kappa shape index (κ2) is 8.54. The molecule has 1 atom stereocenters. The van der Waals surface area contributed by atoms with E-state index >= 15 is 0 Å². The van der Waals surface area contributed by atoms with Gasteiger partial charge in [-0.3, -0.25) is 4.79 Å². The Labute approximate surface area is 168 Å². The van der Waals surface area contributed by atoms with Crippen LogP contribution in [0.5, 0.6) is 0 Å². The van der Waals surface area contributed by atoms with Crippen molar-refractivity contribution < 1.29 is 9.59 Å². The van der Waals surface area contributed by atoms with Gasteiger partial charge in [0.25, 0.3) is 5.91 Å². The Kier molecular flexibility index (Phi) is 5.88. The number of amides is 3. The van der Waals surface area contributed by atoms with Crippen molar-refractivity contribution in [2.75, 3.05) is 11.9 Å². The van der Waals surface area contributed by atoms with Crippen LogP contribution in [0, 0.1) is 0 Å². The monoisotopic (exact) mass is 383 g/mol. The van der Waals surface area contributed by atoms with Crippen molar-refractivity contribution in [2.24, 2.45) is 0 Å². The third-order valence-corrected chi connectivity index (χ3v) is 6.59. The molecule has 3 fully saturated rings. The van der Waals surface area contributed by atoms with E-state index in [2.05, 4.69) is 17.1 Å². The SMILES string of the molecule is CC1CCCCN1C(=O)c1ccc(NC(=O)N(C2CCCCC2)C2CC2)cc1. The van der Waals surface area contributed by atoms with Crippen LogP contribution in [0.1, 0.15) is 81.5 Å². The summed E-state index contributed by atoms with van der Waals surface area (Å²) in [4.78, 5) is 29.8. The Balaban J connectivity index is 1.39. The minimum Gasteiger partial charge on any atom is -0.336 e. The molecule has 0 spiro atoms. The molecule has 28 heavy (non-hydrogen) atoms.